The monoisotopic (exact) mass is 388 g/mol. The van der Waals surface area contributed by atoms with Gasteiger partial charge in [-0.2, -0.15) is 0 Å². The van der Waals surface area contributed by atoms with E-state index < -0.39 is 0 Å². The normalized spacial score (nSPS) is 15.3. The Bertz CT molecular complexity index is 962. The predicted molar refractivity (Wildman–Crippen MR) is 104 cm³/mol. The van der Waals surface area contributed by atoms with Gasteiger partial charge in [-0.15, -0.1) is 0 Å². The molecule has 1 N–H and O–H groups in total. The van der Waals surface area contributed by atoms with Gasteiger partial charge >= 0.3 is 0 Å². The zero-order chi connectivity index (χ0) is 18.1. The van der Waals surface area contributed by atoms with Gasteiger partial charge < -0.3 is 9.73 Å². The van der Waals surface area contributed by atoms with Gasteiger partial charge in [-0.1, -0.05) is 48.5 Å². The highest BCUT2D eigenvalue weighted by atomic mass is 35.5. The Morgan fingerprint density at radius 2 is 1.92 bits per heavy atom. The minimum Gasteiger partial charge on any atom is -0.435 e. The van der Waals surface area contributed by atoms with Crippen LogP contribution < -0.4 is 5.32 Å². The first-order valence-corrected chi connectivity index (χ1v) is 9.52. The smallest absolute Gasteiger partial charge is 0.251 e. The number of rotatable bonds is 3. The fraction of sp³-hybridized carbons (Fsp3) is 0.300. The molecule has 0 saturated heterocycles. The molecule has 1 saturated carbocycles. The third-order valence-corrected chi connectivity index (χ3v) is 5.22. The topological polar surface area (TPSA) is 55.1 Å². The number of aromatic nitrogens is 1. The summed E-state index contributed by atoms with van der Waals surface area (Å²) >= 11 is 12.2. The molecule has 6 heteroatoms. The van der Waals surface area contributed by atoms with Gasteiger partial charge in [0, 0.05) is 22.2 Å². The minimum absolute atomic E-state index is 0.0593. The van der Waals surface area contributed by atoms with Crippen LogP contribution in [0.5, 0.6) is 0 Å². The lowest BCUT2D eigenvalue weighted by Crippen LogP contribution is -2.36. The summed E-state index contributed by atoms with van der Waals surface area (Å²) in [4.78, 5) is 17.0. The molecule has 1 aromatic heterocycles. The van der Waals surface area contributed by atoms with Crippen LogP contribution in [0.1, 0.15) is 42.5 Å². The second-order valence-electron chi connectivity index (χ2n) is 6.64. The van der Waals surface area contributed by atoms with E-state index in [0.29, 0.717) is 32.6 Å². The summed E-state index contributed by atoms with van der Waals surface area (Å²) in [5, 5.41) is 4.05. The van der Waals surface area contributed by atoms with Crippen molar-refractivity contribution in [1.82, 2.24) is 10.3 Å². The van der Waals surface area contributed by atoms with Crippen molar-refractivity contribution < 1.29 is 9.21 Å². The molecule has 1 amide bonds. The maximum absolute atomic E-state index is 12.6. The molecule has 3 aromatic rings. The molecule has 4 rings (SSSR count). The van der Waals surface area contributed by atoms with Crippen LogP contribution in [-0.2, 0) is 0 Å². The third-order valence-electron chi connectivity index (χ3n) is 4.72. The summed E-state index contributed by atoms with van der Waals surface area (Å²) in [5.41, 5.74) is 2.40. The van der Waals surface area contributed by atoms with Gasteiger partial charge in [0.15, 0.2) is 5.58 Å². The lowest BCUT2D eigenvalue weighted by molar-refractivity contribution is 0.0928. The number of halogens is 2. The molecule has 2 aromatic carbocycles. The van der Waals surface area contributed by atoms with Crippen LogP contribution in [-0.4, -0.2) is 16.9 Å². The molecule has 1 heterocycles. The lowest BCUT2D eigenvalue weighted by Gasteiger charge is -2.22. The van der Waals surface area contributed by atoms with Crippen molar-refractivity contribution in [3.63, 3.8) is 0 Å². The third kappa shape index (κ3) is 3.57. The number of nitrogens with zero attached hydrogens (tertiary/aromatic N) is 1. The first kappa shape index (κ1) is 17.4. The van der Waals surface area contributed by atoms with E-state index in [0.717, 1.165) is 18.4 Å². The van der Waals surface area contributed by atoms with Crippen molar-refractivity contribution in [1.29, 1.82) is 0 Å². The molecule has 0 unspecified atom stereocenters. The molecule has 1 fully saturated rings. The summed E-state index contributed by atoms with van der Waals surface area (Å²) in [6.45, 7) is 0. The SMILES string of the molecule is O=C(NC1CCCCC1)c1cccc(-c2nc3cc(Cl)cc(Cl)c3o2)c1. The molecule has 26 heavy (non-hydrogen) atoms. The van der Waals surface area contributed by atoms with E-state index >= 15 is 0 Å². The van der Waals surface area contributed by atoms with E-state index in [1.807, 2.05) is 12.1 Å². The molecule has 0 aliphatic heterocycles. The first-order valence-electron chi connectivity index (χ1n) is 8.77. The van der Waals surface area contributed by atoms with Crippen molar-refractivity contribution in [2.24, 2.45) is 0 Å². The molecular weight excluding hydrogens is 371 g/mol. The molecule has 1 aliphatic rings. The standard InChI is InChI=1S/C20H18Cl2N2O2/c21-14-10-16(22)18-17(11-14)24-20(26-18)13-6-4-5-12(9-13)19(25)23-15-7-2-1-3-8-15/h4-6,9-11,15H,1-3,7-8H2,(H,23,25). The summed E-state index contributed by atoms with van der Waals surface area (Å²) in [7, 11) is 0. The maximum atomic E-state index is 12.6. The van der Waals surface area contributed by atoms with E-state index in [1.165, 1.54) is 19.3 Å². The van der Waals surface area contributed by atoms with Gasteiger partial charge in [0.25, 0.3) is 5.91 Å². The lowest BCUT2D eigenvalue weighted by atomic mass is 9.95. The van der Waals surface area contributed by atoms with Gasteiger partial charge in [0.2, 0.25) is 5.89 Å². The Balaban J connectivity index is 1.61. The number of hydrogen-bond acceptors (Lipinski definition) is 3. The Labute approximate surface area is 161 Å². The second kappa shape index (κ2) is 7.29. The van der Waals surface area contributed by atoms with Crippen LogP contribution >= 0.6 is 23.2 Å². The summed E-state index contributed by atoms with van der Waals surface area (Å²) in [5.74, 6) is 0.354. The van der Waals surface area contributed by atoms with Crippen LogP contribution in [0.25, 0.3) is 22.6 Å². The molecule has 134 valence electrons. The van der Waals surface area contributed by atoms with E-state index in [9.17, 15) is 4.79 Å². The zero-order valence-electron chi connectivity index (χ0n) is 14.1. The van der Waals surface area contributed by atoms with Crippen LogP contribution in [0.4, 0.5) is 0 Å². The molecular formula is C20H18Cl2N2O2. The summed E-state index contributed by atoms with van der Waals surface area (Å²) < 4.78 is 5.79. The fourth-order valence-corrected chi connectivity index (χ4v) is 3.91. The number of carbonyl (C=O) groups excluding carboxylic acids is 1. The maximum Gasteiger partial charge on any atom is 0.251 e. The highest BCUT2D eigenvalue weighted by molar-refractivity contribution is 6.38. The Morgan fingerprint density at radius 1 is 1.12 bits per heavy atom. The van der Waals surface area contributed by atoms with Crippen LogP contribution in [0.2, 0.25) is 10.0 Å². The number of amides is 1. The molecule has 1 aliphatic carbocycles. The van der Waals surface area contributed by atoms with Gasteiger partial charge in [-0.05, 0) is 43.2 Å². The van der Waals surface area contributed by atoms with Crippen LogP contribution in [0.3, 0.4) is 0 Å². The van der Waals surface area contributed by atoms with Crippen molar-refractivity contribution in [3.8, 4) is 11.5 Å². The van der Waals surface area contributed by atoms with Gasteiger partial charge in [-0.3, -0.25) is 4.79 Å². The fourth-order valence-electron chi connectivity index (χ4n) is 3.39. The highest BCUT2D eigenvalue weighted by Gasteiger charge is 2.18. The average Bonchev–Trinajstić information content (AvgIpc) is 3.07. The number of fused-ring (bicyclic) bond motifs is 1. The number of hydrogen-bond donors (Lipinski definition) is 1. The Morgan fingerprint density at radius 3 is 2.73 bits per heavy atom. The summed E-state index contributed by atoms with van der Waals surface area (Å²) in [6.07, 6.45) is 5.71. The largest absolute Gasteiger partial charge is 0.435 e. The molecule has 0 radical (unpaired) electrons. The first-order chi connectivity index (χ1) is 12.6. The van der Waals surface area contributed by atoms with Gasteiger partial charge in [-0.25, -0.2) is 4.98 Å². The van der Waals surface area contributed by atoms with E-state index in [2.05, 4.69) is 10.3 Å². The molecule has 4 nitrogen and oxygen atoms in total. The number of benzene rings is 2. The Kier molecular flexibility index (Phi) is 4.88. The summed E-state index contributed by atoms with van der Waals surface area (Å²) in [6, 6.07) is 10.9. The zero-order valence-corrected chi connectivity index (χ0v) is 15.6. The molecule has 0 spiro atoms. The number of nitrogens with one attached hydrogen (secondary N) is 1. The number of carbonyl (C=O) groups is 1. The highest BCUT2D eigenvalue weighted by Crippen LogP contribution is 2.32. The van der Waals surface area contributed by atoms with E-state index in [4.69, 9.17) is 27.6 Å². The van der Waals surface area contributed by atoms with E-state index in [1.54, 1.807) is 24.3 Å². The minimum atomic E-state index is -0.0593. The van der Waals surface area contributed by atoms with Crippen molar-refractivity contribution in [3.05, 3.63) is 52.0 Å². The molecule has 0 atom stereocenters. The quantitative estimate of drug-likeness (QED) is 0.610. The van der Waals surface area contributed by atoms with Gasteiger partial charge in [0.05, 0.1) is 5.02 Å². The molecule has 0 bridgehead atoms. The van der Waals surface area contributed by atoms with Crippen molar-refractivity contribution in [2.45, 2.75) is 38.1 Å². The number of oxazole rings is 1. The Hall–Kier alpha value is -2.04. The van der Waals surface area contributed by atoms with Crippen molar-refractivity contribution in [2.75, 3.05) is 0 Å². The van der Waals surface area contributed by atoms with Crippen LogP contribution in [0, 0.1) is 0 Å². The van der Waals surface area contributed by atoms with Crippen LogP contribution in [0.15, 0.2) is 40.8 Å². The second-order valence-corrected chi connectivity index (χ2v) is 7.49. The van der Waals surface area contributed by atoms with E-state index in [-0.39, 0.29) is 11.9 Å². The van der Waals surface area contributed by atoms with Crippen molar-refractivity contribution >= 4 is 40.2 Å². The predicted octanol–water partition coefficient (Wildman–Crippen LogP) is 5.86. The average molecular weight is 389 g/mol. The van der Waals surface area contributed by atoms with Gasteiger partial charge in [0.1, 0.15) is 5.52 Å².